The predicted molar refractivity (Wildman–Crippen MR) is 92.2 cm³/mol. The Kier molecular flexibility index (Phi) is 6.19. The SMILES string of the molecule is CCOc1ccc(/C=N/NC(=O)c2ccc(OC)c(OC)c2)cc1. The van der Waals surface area contributed by atoms with Crippen molar-refractivity contribution in [1.82, 2.24) is 5.43 Å². The van der Waals surface area contributed by atoms with Gasteiger partial charge < -0.3 is 14.2 Å². The van der Waals surface area contributed by atoms with Crippen molar-refractivity contribution in [2.75, 3.05) is 20.8 Å². The third-order valence-electron chi connectivity index (χ3n) is 3.22. The van der Waals surface area contributed by atoms with Crippen molar-refractivity contribution < 1.29 is 19.0 Å². The molecular weight excluding hydrogens is 308 g/mol. The first-order valence-corrected chi connectivity index (χ1v) is 7.46. The van der Waals surface area contributed by atoms with Gasteiger partial charge in [0.2, 0.25) is 0 Å². The highest BCUT2D eigenvalue weighted by atomic mass is 16.5. The maximum Gasteiger partial charge on any atom is 0.271 e. The van der Waals surface area contributed by atoms with E-state index >= 15 is 0 Å². The summed E-state index contributed by atoms with van der Waals surface area (Å²) < 4.78 is 15.7. The standard InChI is InChI=1S/C18H20N2O4/c1-4-24-15-8-5-13(6-9-15)12-19-20-18(21)14-7-10-16(22-2)17(11-14)23-3/h5-12H,4H2,1-3H3,(H,20,21)/b19-12+. The highest BCUT2D eigenvalue weighted by molar-refractivity contribution is 5.95. The van der Waals surface area contributed by atoms with E-state index in [1.807, 2.05) is 31.2 Å². The first-order valence-electron chi connectivity index (χ1n) is 7.46. The lowest BCUT2D eigenvalue weighted by Gasteiger charge is -2.08. The number of hydrogen-bond acceptors (Lipinski definition) is 5. The first-order chi connectivity index (χ1) is 11.7. The molecule has 1 N–H and O–H groups in total. The van der Waals surface area contributed by atoms with Crippen molar-refractivity contribution >= 4 is 12.1 Å². The Morgan fingerprint density at radius 1 is 1.08 bits per heavy atom. The van der Waals surface area contributed by atoms with Crippen LogP contribution < -0.4 is 19.6 Å². The van der Waals surface area contributed by atoms with Gasteiger partial charge in [-0.05, 0) is 55.0 Å². The first kappa shape index (κ1) is 17.3. The number of amides is 1. The van der Waals surface area contributed by atoms with Gasteiger partial charge in [0.05, 0.1) is 27.0 Å². The molecule has 0 bridgehead atoms. The van der Waals surface area contributed by atoms with E-state index in [-0.39, 0.29) is 5.91 Å². The van der Waals surface area contributed by atoms with Gasteiger partial charge in [-0.3, -0.25) is 4.79 Å². The monoisotopic (exact) mass is 328 g/mol. The number of hydrogen-bond donors (Lipinski definition) is 1. The van der Waals surface area contributed by atoms with E-state index in [0.717, 1.165) is 11.3 Å². The van der Waals surface area contributed by atoms with Gasteiger partial charge in [-0.2, -0.15) is 5.10 Å². The fraction of sp³-hybridized carbons (Fsp3) is 0.222. The summed E-state index contributed by atoms with van der Waals surface area (Å²) in [5.74, 6) is 1.51. The molecule has 0 aromatic heterocycles. The fourth-order valence-electron chi connectivity index (χ4n) is 2.02. The highest BCUT2D eigenvalue weighted by Crippen LogP contribution is 2.27. The lowest BCUT2D eigenvalue weighted by atomic mass is 10.2. The second-order valence-electron chi connectivity index (χ2n) is 4.77. The third-order valence-corrected chi connectivity index (χ3v) is 3.22. The lowest BCUT2D eigenvalue weighted by molar-refractivity contribution is 0.0954. The van der Waals surface area contributed by atoms with Gasteiger partial charge in [0, 0.05) is 5.56 Å². The quantitative estimate of drug-likeness (QED) is 0.627. The number of methoxy groups -OCH3 is 2. The molecule has 2 aromatic carbocycles. The minimum atomic E-state index is -0.335. The summed E-state index contributed by atoms with van der Waals surface area (Å²) in [6.45, 7) is 2.55. The Hall–Kier alpha value is -3.02. The molecule has 0 atom stereocenters. The summed E-state index contributed by atoms with van der Waals surface area (Å²) in [4.78, 5) is 12.1. The van der Waals surface area contributed by atoms with Crippen LogP contribution in [0.4, 0.5) is 0 Å². The maximum absolute atomic E-state index is 12.1. The molecule has 0 aliphatic heterocycles. The number of carbonyl (C=O) groups is 1. The summed E-state index contributed by atoms with van der Waals surface area (Å²) in [7, 11) is 3.06. The topological polar surface area (TPSA) is 69.2 Å². The molecule has 0 heterocycles. The smallest absolute Gasteiger partial charge is 0.271 e. The average Bonchev–Trinajstić information content (AvgIpc) is 2.62. The van der Waals surface area contributed by atoms with Gasteiger partial charge in [-0.25, -0.2) is 5.43 Å². The Morgan fingerprint density at radius 3 is 2.42 bits per heavy atom. The van der Waals surface area contributed by atoms with Crippen LogP contribution in [0.1, 0.15) is 22.8 Å². The predicted octanol–water partition coefficient (Wildman–Crippen LogP) is 2.87. The van der Waals surface area contributed by atoms with Gasteiger partial charge in [0.25, 0.3) is 5.91 Å². The number of ether oxygens (including phenoxy) is 3. The molecule has 0 unspecified atom stereocenters. The molecule has 1 amide bonds. The zero-order valence-electron chi connectivity index (χ0n) is 13.9. The second kappa shape index (κ2) is 8.57. The van der Waals surface area contributed by atoms with Crippen LogP contribution in [-0.4, -0.2) is 32.9 Å². The lowest BCUT2D eigenvalue weighted by Crippen LogP contribution is -2.17. The Morgan fingerprint density at radius 2 is 1.79 bits per heavy atom. The molecule has 0 aliphatic rings. The van der Waals surface area contributed by atoms with Crippen molar-refractivity contribution in [3.8, 4) is 17.2 Å². The van der Waals surface area contributed by atoms with E-state index in [9.17, 15) is 4.79 Å². The van der Waals surface area contributed by atoms with Crippen molar-refractivity contribution in [3.05, 3.63) is 53.6 Å². The molecule has 126 valence electrons. The van der Waals surface area contributed by atoms with Crippen molar-refractivity contribution in [2.45, 2.75) is 6.92 Å². The maximum atomic E-state index is 12.1. The third kappa shape index (κ3) is 4.49. The molecule has 0 spiro atoms. The van der Waals surface area contributed by atoms with E-state index in [1.165, 1.54) is 7.11 Å². The van der Waals surface area contributed by atoms with Gasteiger partial charge in [-0.1, -0.05) is 0 Å². The fourth-order valence-corrected chi connectivity index (χ4v) is 2.02. The summed E-state index contributed by atoms with van der Waals surface area (Å²) in [6, 6.07) is 12.3. The number of rotatable bonds is 7. The molecule has 0 fully saturated rings. The van der Waals surface area contributed by atoms with E-state index in [4.69, 9.17) is 14.2 Å². The molecule has 2 rings (SSSR count). The molecule has 0 aliphatic carbocycles. The van der Waals surface area contributed by atoms with Crippen LogP contribution in [-0.2, 0) is 0 Å². The van der Waals surface area contributed by atoms with Crippen LogP contribution in [0.5, 0.6) is 17.2 Å². The molecule has 24 heavy (non-hydrogen) atoms. The zero-order valence-corrected chi connectivity index (χ0v) is 13.9. The summed E-state index contributed by atoms with van der Waals surface area (Å²) in [5, 5.41) is 3.95. The van der Waals surface area contributed by atoms with Crippen LogP contribution in [0.25, 0.3) is 0 Å². The van der Waals surface area contributed by atoms with E-state index in [1.54, 1.807) is 31.5 Å². The zero-order chi connectivity index (χ0) is 17.4. The van der Waals surface area contributed by atoms with Crippen LogP contribution in [0.15, 0.2) is 47.6 Å². The number of nitrogens with one attached hydrogen (secondary N) is 1. The highest BCUT2D eigenvalue weighted by Gasteiger charge is 2.09. The number of benzene rings is 2. The molecule has 6 nitrogen and oxygen atoms in total. The number of nitrogens with zero attached hydrogens (tertiary/aromatic N) is 1. The molecule has 2 aromatic rings. The molecule has 0 radical (unpaired) electrons. The summed E-state index contributed by atoms with van der Waals surface area (Å²) in [5.41, 5.74) is 3.76. The average molecular weight is 328 g/mol. The molecule has 0 saturated heterocycles. The second-order valence-corrected chi connectivity index (χ2v) is 4.77. The van der Waals surface area contributed by atoms with E-state index in [2.05, 4.69) is 10.5 Å². The largest absolute Gasteiger partial charge is 0.494 e. The number of carbonyl (C=O) groups excluding carboxylic acids is 1. The van der Waals surface area contributed by atoms with Crippen LogP contribution in [0, 0.1) is 0 Å². The van der Waals surface area contributed by atoms with E-state index < -0.39 is 0 Å². The molecule has 0 saturated carbocycles. The van der Waals surface area contributed by atoms with Crippen LogP contribution >= 0.6 is 0 Å². The Bertz CT molecular complexity index is 711. The minimum Gasteiger partial charge on any atom is -0.494 e. The minimum absolute atomic E-state index is 0.335. The van der Waals surface area contributed by atoms with Gasteiger partial charge in [0.15, 0.2) is 11.5 Å². The van der Waals surface area contributed by atoms with Gasteiger partial charge >= 0.3 is 0 Å². The van der Waals surface area contributed by atoms with Crippen LogP contribution in [0.2, 0.25) is 0 Å². The van der Waals surface area contributed by atoms with Crippen molar-refractivity contribution in [1.29, 1.82) is 0 Å². The summed E-state index contributed by atoms with van der Waals surface area (Å²) in [6.07, 6.45) is 1.56. The normalized spacial score (nSPS) is 10.5. The Labute approximate surface area is 141 Å². The molecular formula is C18H20N2O4. The van der Waals surface area contributed by atoms with Crippen LogP contribution in [0.3, 0.4) is 0 Å². The van der Waals surface area contributed by atoms with Gasteiger partial charge in [0.1, 0.15) is 5.75 Å². The number of hydrazone groups is 1. The molecule has 6 heteroatoms. The van der Waals surface area contributed by atoms with Crippen molar-refractivity contribution in [3.63, 3.8) is 0 Å². The summed E-state index contributed by atoms with van der Waals surface area (Å²) >= 11 is 0. The van der Waals surface area contributed by atoms with E-state index in [0.29, 0.717) is 23.7 Å². The van der Waals surface area contributed by atoms with Crippen molar-refractivity contribution in [2.24, 2.45) is 5.10 Å². The van der Waals surface area contributed by atoms with Gasteiger partial charge in [-0.15, -0.1) is 0 Å². The Balaban J connectivity index is 1.99.